The molecule has 0 spiro atoms. The van der Waals surface area contributed by atoms with Crippen molar-refractivity contribution in [1.29, 1.82) is 0 Å². The van der Waals surface area contributed by atoms with Gasteiger partial charge in [0.2, 0.25) is 0 Å². The van der Waals surface area contributed by atoms with Crippen molar-refractivity contribution in [2.45, 2.75) is 13.1 Å². The summed E-state index contributed by atoms with van der Waals surface area (Å²) in [6.45, 7) is 5.69. The van der Waals surface area contributed by atoms with Gasteiger partial charge in [0.25, 0.3) is 5.91 Å². The smallest absolute Gasteiger partial charge is 0.253 e. The van der Waals surface area contributed by atoms with Crippen molar-refractivity contribution in [2.75, 3.05) is 33.2 Å². The maximum Gasteiger partial charge on any atom is 0.253 e. The maximum atomic E-state index is 12.4. The fourth-order valence-corrected chi connectivity index (χ4v) is 3.57. The monoisotopic (exact) mass is 391 g/mol. The summed E-state index contributed by atoms with van der Waals surface area (Å²) in [7, 11) is 2.16. The van der Waals surface area contributed by atoms with Gasteiger partial charge in [-0.25, -0.2) is 0 Å². The van der Waals surface area contributed by atoms with Gasteiger partial charge in [-0.2, -0.15) is 0 Å². The molecule has 1 heterocycles. The average Bonchev–Trinajstić information content (AvgIpc) is 2.62. The van der Waals surface area contributed by atoms with Crippen molar-refractivity contribution in [3.05, 3.63) is 69.2 Å². The fourth-order valence-electron chi connectivity index (χ4n) is 3.08. The Morgan fingerprint density at radius 3 is 2.42 bits per heavy atom. The van der Waals surface area contributed by atoms with Gasteiger partial charge in [0, 0.05) is 44.3 Å². The van der Waals surface area contributed by atoms with Crippen LogP contribution in [0.15, 0.2) is 42.5 Å². The van der Waals surface area contributed by atoms with E-state index in [9.17, 15) is 4.79 Å². The van der Waals surface area contributed by atoms with E-state index in [-0.39, 0.29) is 5.91 Å². The lowest BCUT2D eigenvalue weighted by Gasteiger charge is -2.32. The lowest BCUT2D eigenvalue weighted by atomic mass is 10.1. The first kappa shape index (κ1) is 19.2. The number of hydrogen-bond donors (Lipinski definition) is 1. The van der Waals surface area contributed by atoms with Crippen molar-refractivity contribution in [3.8, 4) is 0 Å². The molecule has 0 saturated carbocycles. The van der Waals surface area contributed by atoms with Crippen LogP contribution in [0, 0.1) is 0 Å². The number of carbonyl (C=O) groups is 1. The van der Waals surface area contributed by atoms with Crippen LogP contribution in [0.4, 0.5) is 0 Å². The highest BCUT2D eigenvalue weighted by molar-refractivity contribution is 6.36. The van der Waals surface area contributed by atoms with E-state index < -0.39 is 0 Å². The molecule has 4 nitrogen and oxygen atoms in total. The van der Waals surface area contributed by atoms with Crippen LogP contribution in [0.1, 0.15) is 21.5 Å². The summed E-state index contributed by atoms with van der Waals surface area (Å²) in [4.78, 5) is 17.2. The molecular formula is C20H23Cl2N3O. The number of benzene rings is 2. The van der Waals surface area contributed by atoms with Gasteiger partial charge < -0.3 is 10.2 Å². The molecule has 1 aliphatic heterocycles. The van der Waals surface area contributed by atoms with E-state index in [1.165, 1.54) is 5.56 Å². The fraction of sp³-hybridized carbons (Fsp3) is 0.350. The van der Waals surface area contributed by atoms with Crippen LogP contribution >= 0.6 is 23.2 Å². The largest absolute Gasteiger partial charge is 0.348 e. The highest BCUT2D eigenvalue weighted by Gasteiger charge is 2.16. The summed E-state index contributed by atoms with van der Waals surface area (Å²) in [6.07, 6.45) is 0. The summed E-state index contributed by atoms with van der Waals surface area (Å²) in [6, 6.07) is 13.2. The third-order valence-electron chi connectivity index (χ3n) is 4.72. The van der Waals surface area contributed by atoms with E-state index in [0.717, 1.165) is 38.3 Å². The number of halogens is 2. The van der Waals surface area contributed by atoms with Crippen LogP contribution in [0.25, 0.3) is 0 Å². The number of amides is 1. The first-order chi connectivity index (χ1) is 12.5. The summed E-state index contributed by atoms with van der Waals surface area (Å²) < 4.78 is 0. The molecule has 2 aromatic rings. The molecule has 6 heteroatoms. The molecule has 0 unspecified atom stereocenters. The van der Waals surface area contributed by atoms with E-state index >= 15 is 0 Å². The second-order valence-corrected chi connectivity index (χ2v) is 7.50. The normalized spacial score (nSPS) is 15.8. The zero-order valence-electron chi connectivity index (χ0n) is 14.8. The number of carbonyl (C=O) groups excluding carboxylic acids is 1. The zero-order valence-corrected chi connectivity index (χ0v) is 16.4. The molecule has 1 aliphatic rings. The SMILES string of the molecule is CN1CCN(Cc2ccccc2CNC(=O)c2ccc(Cl)cc2Cl)CC1. The highest BCUT2D eigenvalue weighted by Crippen LogP contribution is 2.21. The topological polar surface area (TPSA) is 35.6 Å². The average molecular weight is 392 g/mol. The van der Waals surface area contributed by atoms with Gasteiger partial charge >= 0.3 is 0 Å². The Kier molecular flexibility index (Phi) is 6.54. The molecule has 0 bridgehead atoms. The Labute approximate surface area is 164 Å². The summed E-state index contributed by atoms with van der Waals surface area (Å²) >= 11 is 12.0. The Hall–Kier alpha value is -1.59. The summed E-state index contributed by atoms with van der Waals surface area (Å²) in [5.41, 5.74) is 2.82. The lowest BCUT2D eigenvalue weighted by Crippen LogP contribution is -2.44. The Morgan fingerprint density at radius 2 is 1.73 bits per heavy atom. The van der Waals surface area contributed by atoms with Crippen LogP contribution in [-0.2, 0) is 13.1 Å². The van der Waals surface area contributed by atoms with E-state index in [2.05, 4.69) is 34.3 Å². The molecular weight excluding hydrogens is 369 g/mol. The molecule has 0 radical (unpaired) electrons. The molecule has 2 aromatic carbocycles. The lowest BCUT2D eigenvalue weighted by molar-refractivity contribution is 0.0950. The van der Waals surface area contributed by atoms with Crippen LogP contribution < -0.4 is 5.32 Å². The van der Waals surface area contributed by atoms with Gasteiger partial charge in [-0.05, 0) is 36.4 Å². The van der Waals surface area contributed by atoms with Crippen LogP contribution in [0.2, 0.25) is 10.0 Å². The Balaban J connectivity index is 1.64. The summed E-state index contributed by atoms with van der Waals surface area (Å²) in [5.74, 6) is -0.193. The van der Waals surface area contributed by atoms with Crippen LogP contribution in [-0.4, -0.2) is 48.9 Å². The quantitative estimate of drug-likeness (QED) is 0.844. The van der Waals surface area contributed by atoms with Crippen molar-refractivity contribution in [3.63, 3.8) is 0 Å². The first-order valence-electron chi connectivity index (χ1n) is 8.74. The van der Waals surface area contributed by atoms with E-state index in [1.54, 1.807) is 18.2 Å². The van der Waals surface area contributed by atoms with Crippen LogP contribution in [0.5, 0.6) is 0 Å². The van der Waals surface area contributed by atoms with Crippen molar-refractivity contribution < 1.29 is 4.79 Å². The van der Waals surface area contributed by atoms with Gasteiger partial charge in [-0.3, -0.25) is 9.69 Å². The van der Waals surface area contributed by atoms with Gasteiger partial charge in [0.1, 0.15) is 0 Å². The number of likely N-dealkylation sites (N-methyl/N-ethyl adjacent to an activating group) is 1. The third kappa shape index (κ3) is 4.98. The van der Waals surface area contributed by atoms with Gasteiger partial charge in [0.15, 0.2) is 0 Å². The number of nitrogens with zero attached hydrogens (tertiary/aromatic N) is 2. The Bertz CT molecular complexity index is 773. The van der Waals surface area contributed by atoms with E-state index in [4.69, 9.17) is 23.2 Å². The van der Waals surface area contributed by atoms with E-state index in [1.807, 2.05) is 12.1 Å². The molecule has 0 aromatic heterocycles. The molecule has 0 atom stereocenters. The zero-order chi connectivity index (χ0) is 18.5. The molecule has 1 N–H and O–H groups in total. The van der Waals surface area contributed by atoms with Gasteiger partial charge in [-0.1, -0.05) is 47.5 Å². The molecule has 26 heavy (non-hydrogen) atoms. The molecule has 1 saturated heterocycles. The standard InChI is InChI=1S/C20H23Cl2N3O/c1-24-8-10-25(11-9-24)14-16-5-3-2-4-15(16)13-23-20(26)18-7-6-17(21)12-19(18)22/h2-7,12H,8-11,13-14H2,1H3,(H,23,26). The second-order valence-electron chi connectivity index (χ2n) is 6.65. The minimum absolute atomic E-state index is 0.193. The van der Waals surface area contributed by atoms with Gasteiger partial charge in [0.05, 0.1) is 10.6 Å². The Morgan fingerprint density at radius 1 is 1.04 bits per heavy atom. The first-order valence-corrected chi connectivity index (χ1v) is 9.49. The minimum atomic E-state index is -0.193. The minimum Gasteiger partial charge on any atom is -0.348 e. The molecule has 1 amide bonds. The predicted molar refractivity (Wildman–Crippen MR) is 107 cm³/mol. The predicted octanol–water partition coefficient (Wildman–Crippen LogP) is 3.67. The maximum absolute atomic E-state index is 12.4. The highest BCUT2D eigenvalue weighted by atomic mass is 35.5. The number of nitrogens with one attached hydrogen (secondary N) is 1. The molecule has 0 aliphatic carbocycles. The molecule has 138 valence electrons. The second kappa shape index (κ2) is 8.87. The van der Waals surface area contributed by atoms with Crippen molar-refractivity contribution in [2.24, 2.45) is 0 Å². The van der Waals surface area contributed by atoms with Crippen molar-refractivity contribution in [1.82, 2.24) is 15.1 Å². The number of rotatable bonds is 5. The van der Waals surface area contributed by atoms with Gasteiger partial charge in [-0.15, -0.1) is 0 Å². The van der Waals surface area contributed by atoms with Crippen molar-refractivity contribution >= 4 is 29.1 Å². The third-order valence-corrected chi connectivity index (χ3v) is 5.27. The number of hydrogen-bond acceptors (Lipinski definition) is 3. The summed E-state index contributed by atoms with van der Waals surface area (Å²) in [5, 5.41) is 3.85. The molecule has 1 fully saturated rings. The van der Waals surface area contributed by atoms with E-state index in [0.29, 0.717) is 22.2 Å². The van der Waals surface area contributed by atoms with Crippen LogP contribution in [0.3, 0.4) is 0 Å². The molecule has 3 rings (SSSR count). The number of piperazine rings is 1.